The minimum Gasteiger partial charge on any atom is -0.481 e. The van der Waals surface area contributed by atoms with Crippen molar-refractivity contribution in [1.82, 2.24) is 0 Å². The zero-order chi connectivity index (χ0) is 15.4. The number of amides is 1. The van der Waals surface area contributed by atoms with E-state index in [-0.39, 0.29) is 5.91 Å². The Kier molecular flexibility index (Phi) is 4.86. The molecule has 1 N–H and O–H groups in total. The smallest absolute Gasteiger partial charge is 0.265 e. The van der Waals surface area contributed by atoms with Crippen LogP contribution >= 0.6 is 11.6 Å². The number of halogens is 1. The summed E-state index contributed by atoms with van der Waals surface area (Å²) in [6.07, 6.45) is -0.606. The molecule has 0 aliphatic heterocycles. The molecule has 0 radical (unpaired) electrons. The molecule has 2 aromatic carbocycles. The van der Waals surface area contributed by atoms with Crippen molar-refractivity contribution < 1.29 is 9.53 Å². The van der Waals surface area contributed by atoms with Crippen LogP contribution in [0.15, 0.2) is 42.5 Å². The van der Waals surface area contributed by atoms with Gasteiger partial charge in [0.15, 0.2) is 6.10 Å². The predicted octanol–water partition coefficient (Wildman–Crippen LogP) is 4.36. The molecule has 0 saturated heterocycles. The first-order chi connectivity index (χ1) is 9.95. The van der Waals surface area contributed by atoms with E-state index in [1.165, 1.54) is 5.56 Å². The van der Waals surface area contributed by atoms with Gasteiger partial charge in [0.05, 0.1) is 0 Å². The van der Waals surface area contributed by atoms with Gasteiger partial charge in [0.1, 0.15) is 5.75 Å². The number of aryl methyl sites for hydroxylation is 2. The largest absolute Gasteiger partial charge is 0.481 e. The Labute approximate surface area is 129 Å². The average molecular weight is 304 g/mol. The normalized spacial score (nSPS) is 11.8. The van der Waals surface area contributed by atoms with E-state index < -0.39 is 6.10 Å². The highest BCUT2D eigenvalue weighted by Crippen LogP contribution is 2.19. The Morgan fingerprint density at radius 1 is 1.14 bits per heavy atom. The first kappa shape index (κ1) is 15.4. The number of carbonyl (C=O) groups excluding carboxylic acids is 1. The highest BCUT2D eigenvalue weighted by atomic mass is 35.5. The molecule has 1 amide bonds. The van der Waals surface area contributed by atoms with Gasteiger partial charge in [-0.3, -0.25) is 4.79 Å². The highest BCUT2D eigenvalue weighted by Gasteiger charge is 2.15. The molecule has 0 spiro atoms. The van der Waals surface area contributed by atoms with Gasteiger partial charge >= 0.3 is 0 Å². The van der Waals surface area contributed by atoms with Crippen molar-refractivity contribution in [3.63, 3.8) is 0 Å². The third kappa shape index (κ3) is 4.23. The van der Waals surface area contributed by atoms with Crippen molar-refractivity contribution in [3.8, 4) is 5.75 Å². The Hall–Kier alpha value is -2.00. The number of carbonyl (C=O) groups is 1. The third-order valence-electron chi connectivity index (χ3n) is 3.25. The van der Waals surface area contributed by atoms with Gasteiger partial charge in [-0.05, 0) is 62.2 Å². The van der Waals surface area contributed by atoms with Crippen molar-refractivity contribution in [1.29, 1.82) is 0 Å². The highest BCUT2D eigenvalue weighted by molar-refractivity contribution is 6.30. The molecule has 0 heterocycles. The van der Waals surface area contributed by atoms with Crippen LogP contribution in [0.25, 0.3) is 0 Å². The lowest BCUT2D eigenvalue weighted by molar-refractivity contribution is -0.122. The zero-order valence-electron chi connectivity index (χ0n) is 12.3. The zero-order valence-corrected chi connectivity index (χ0v) is 13.1. The average Bonchev–Trinajstić information content (AvgIpc) is 2.43. The molecule has 110 valence electrons. The molecule has 4 heteroatoms. The number of rotatable bonds is 4. The Balaban J connectivity index is 2.00. The lowest BCUT2D eigenvalue weighted by Crippen LogP contribution is -2.30. The molecular formula is C17H18ClNO2. The van der Waals surface area contributed by atoms with Crippen LogP contribution in [0, 0.1) is 13.8 Å². The molecular weight excluding hydrogens is 286 g/mol. The minimum absolute atomic E-state index is 0.196. The summed E-state index contributed by atoms with van der Waals surface area (Å²) in [6, 6.07) is 12.8. The molecule has 0 fully saturated rings. The topological polar surface area (TPSA) is 38.3 Å². The maximum absolute atomic E-state index is 12.1. The number of hydrogen-bond acceptors (Lipinski definition) is 2. The second-order valence-electron chi connectivity index (χ2n) is 5.01. The van der Waals surface area contributed by atoms with Crippen LogP contribution in [0.1, 0.15) is 18.1 Å². The van der Waals surface area contributed by atoms with Crippen LogP contribution in [-0.4, -0.2) is 12.0 Å². The van der Waals surface area contributed by atoms with Crippen molar-refractivity contribution in [2.24, 2.45) is 0 Å². The van der Waals surface area contributed by atoms with Crippen LogP contribution in [0.4, 0.5) is 5.69 Å². The van der Waals surface area contributed by atoms with Crippen LogP contribution in [0.3, 0.4) is 0 Å². The van der Waals surface area contributed by atoms with Gasteiger partial charge < -0.3 is 10.1 Å². The summed E-state index contributed by atoms with van der Waals surface area (Å²) < 4.78 is 5.59. The van der Waals surface area contributed by atoms with Gasteiger partial charge in [-0.2, -0.15) is 0 Å². The molecule has 21 heavy (non-hydrogen) atoms. The van der Waals surface area contributed by atoms with E-state index in [9.17, 15) is 4.79 Å². The Morgan fingerprint density at radius 3 is 2.57 bits per heavy atom. The molecule has 2 aromatic rings. The predicted molar refractivity (Wildman–Crippen MR) is 86.1 cm³/mol. The van der Waals surface area contributed by atoms with Gasteiger partial charge in [-0.25, -0.2) is 0 Å². The molecule has 0 unspecified atom stereocenters. The van der Waals surface area contributed by atoms with Gasteiger partial charge in [-0.1, -0.05) is 23.7 Å². The molecule has 0 aliphatic carbocycles. The second kappa shape index (κ2) is 6.64. The summed E-state index contributed by atoms with van der Waals surface area (Å²) in [5.41, 5.74) is 3.09. The Bertz CT molecular complexity index is 655. The van der Waals surface area contributed by atoms with Gasteiger partial charge in [0.2, 0.25) is 0 Å². The fourth-order valence-corrected chi connectivity index (χ4v) is 2.04. The first-order valence-corrected chi connectivity index (χ1v) is 7.14. The van der Waals surface area contributed by atoms with E-state index in [0.717, 1.165) is 11.3 Å². The standard InChI is InChI=1S/C17H18ClNO2/c1-11-7-8-15(9-12(11)2)19-17(20)13(3)21-16-6-4-5-14(18)10-16/h4-10,13H,1-3H3,(H,19,20)/t13-/m1/s1. The molecule has 1 atom stereocenters. The summed E-state index contributed by atoms with van der Waals surface area (Å²) in [5.74, 6) is 0.378. The number of anilines is 1. The Morgan fingerprint density at radius 2 is 1.90 bits per heavy atom. The van der Waals surface area contributed by atoms with E-state index >= 15 is 0 Å². The maximum atomic E-state index is 12.1. The van der Waals surface area contributed by atoms with E-state index in [4.69, 9.17) is 16.3 Å². The number of ether oxygens (including phenoxy) is 1. The van der Waals surface area contributed by atoms with Crippen molar-refractivity contribution >= 4 is 23.2 Å². The first-order valence-electron chi connectivity index (χ1n) is 6.76. The van der Waals surface area contributed by atoms with Crippen LogP contribution in [-0.2, 0) is 4.79 Å². The summed E-state index contributed by atoms with van der Waals surface area (Å²) in [6.45, 7) is 5.75. The molecule has 0 saturated carbocycles. The van der Waals surface area contributed by atoms with E-state index in [1.807, 2.05) is 32.0 Å². The van der Waals surface area contributed by atoms with E-state index in [0.29, 0.717) is 10.8 Å². The van der Waals surface area contributed by atoms with Crippen LogP contribution in [0.2, 0.25) is 5.02 Å². The molecule has 2 rings (SSSR count). The fraction of sp³-hybridized carbons (Fsp3) is 0.235. The van der Waals surface area contributed by atoms with E-state index in [2.05, 4.69) is 5.32 Å². The summed E-state index contributed by atoms with van der Waals surface area (Å²) in [4.78, 5) is 12.1. The lowest BCUT2D eigenvalue weighted by Gasteiger charge is -2.15. The minimum atomic E-state index is -0.606. The van der Waals surface area contributed by atoms with Crippen molar-refractivity contribution in [2.75, 3.05) is 5.32 Å². The summed E-state index contributed by atoms with van der Waals surface area (Å²) in [7, 11) is 0. The molecule has 3 nitrogen and oxygen atoms in total. The summed E-state index contributed by atoms with van der Waals surface area (Å²) in [5, 5.41) is 3.43. The quantitative estimate of drug-likeness (QED) is 0.911. The summed E-state index contributed by atoms with van der Waals surface area (Å²) >= 11 is 5.89. The monoisotopic (exact) mass is 303 g/mol. The second-order valence-corrected chi connectivity index (χ2v) is 5.44. The van der Waals surface area contributed by atoms with Gasteiger partial charge in [0.25, 0.3) is 5.91 Å². The molecule has 0 bridgehead atoms. The lowest BCUT2D eigenvalue weighted by atomic mass is 10.1. The number of nitrogens with one attached hydrogen (secondary N) is 1. The van der Waals surface area contributed by atoms with E-state index in [1.54, 1.807) is 31.2 Å². The van der Waals surface area contributed by atoms with Crippen molar-refractivity contribution in [2.45, 2.75) is 26.9 Å². The number of benzene rings is 2. The van der Waals surface area contributed by atoms with Crippen LogP contribution in [0.5, 0.6) is 5.75 Å². The van der Waals surface area contributed by atoms with Gasteiger partial charge in [-0.15, -0.1) is 0 Å². The number of hydrogen-bond donors (Lipinski definition) is 1. The molecule has 0 aliphatic rings. The maximum Gasteiger partial charge on any atom is 0.265 e. The molecule has 0 aromatic heterocycles. The van der Waals surface area contributed by atoms with Crippen LogP contribution < -0.4 is 10.1 Å². The van der Waals surface area contributed by atoms with Gasteiger partial charge in [0, 0.05) is 10.7 Å². The van der Waals surface area contributed by atoms with Crippen molar-refractivity contribution in [3.05, 3.63) is 58.6 Å². The fourth-order valence-electron chi connectivity index (χ4n) is 1.86. The third-order valence-corrected chi connectivity index (χ3v) is 3.49. The SMILES string of the molecule is Cc1ccc(NC(=O)[C@@H](C)Oc2cccc(Cl)c2)cc1C.